The molecule has 1 heterocycles. The summed E-state index contributed by atoms with van der Waals surface area (Å²) in [5.74, 6) is 0. The van der Waals surface area contributed by atoms with E-state index < -0.39 is 0 Å². The molecule has 1 N–H and O–H groups in total. The zero-order chi connectivity index (χ0) is 13.7. The molecular weight excluding hydrogens is 320 g/mol. The molecule has 0 fully saturated rings. The van der Waals surface area contributed by atoms with Gasteiger partial charge in [0.1, 0.15) is 5.03 Å². The Labute approximate surface area is 127 Å². The third-order valence-corrected chi connectivity index (χ3v) is 4.85. The highest BCUT2D eigenvalue weighted by atomic mass is 79.9. The molecule has 0 saturated heterocycles. The van der Waals surface area contributed by atoms with Crippen molar-refractivity contribution in [3.05, 3.63) is 52.1 Å². The van der Waals surface area contributed by atoms with Crippen LogP contribution in [0.3, 0.4) is 0 Å². The average Bonchev–Trinajstić information content (AvgIpc) is 2.41. The van der Waals surface area contributed by atoms with E-state index in [1.54, 1.807) is 11.8 Å². The van der Waals surface area contributed by atoms with Crippen molar-refractivity contribution in [1.29, 1.82) is 0 Å². The van der Waals surface area contributed by atoms with Crippen LogP contribution in [0.25, 0.3) is 0 Å². The van der Waals surface area contributed by atoms with Crippen LogP contribution in [0.15, 0.2) is 50.9 Å². The van der Waals surface area contributed by atoms with Gasteiger partial charge in [-0.15, -0.1) is 0 Å². The third-order valence-electron chi connectivity index (χ3n) is 2.75. The zero-order valence-electron chi connectivity index (χ0n) is 11.1. The summed E-state index contributed by atoms with van der Waals surface area (Å²) in [6.45, 7) is 6.19. The van der Waals surface area contributed by atoms with Gasteiger partial charge in [0.2, 0.25) is 0 Å². The van der Waals surface area contributed by atoms with Crippen molar-refractivity contribution >= 4 is 27.7 Å². The molecule has 2 aromatic rings. The quantitative estimate of drug-likeness (QED) is 0.875. The number of hydrogen-bond acceptors (Lipinski definition) is 3. The van der Waals surface area contributed by atoms with E-state index in [-0.39, 0.29) is 0 Å². The number of nitrogens with one attached hydrogen (secondary N) is 1. The zero-order valence-corrected chi connectivity index (χ0v) is 13.5. The summed E-state index contributed by atoms with van der Waals surface area (Å²) in [5, 5.41) is 4.35. The second-order valence-electron chi connectivity index (χ2n) is 4.27. The molecule has 0 spiro atoms. The Kier molecular flexibility index (Phi) is 5.43. The van der Waals surface area contributed by atoms with Gasteiger partial charge in [-0.2, -0.15) is 0 Å². The van der Waals surface area contributed by atoms with Crippen LogP contribution in [-0.2, 0) is 6.54 Å². The molecule has 1 aromatic carbocycles. The Morgan fingerprint density at radius 1 is 1.32 bits per heavy atom. The molecule has 2 nitrogen and oxygen atoms in total. The SMILES string of the molecule is CCNCc1ccc(Sc2ncccc2Br)c(C)c1. The molecule has 4 heteroatoms. The minimum absolute atomic E-state index is 0.926. The fourth-order valence-corrected chi connectivity index (χ4v) is 3.10. The van der Waals surface area contributed by atoms with Crippen molar-refractivity contribution in [2.45, 2.75) is 30.3 Å². The molecule has 0 amide bonds. The van der Waals surface area contributed by atoms with Gasteiger partial charge >= 0.3 is 0 Å². The van der Waals surface area contributed by atoms with Gasteiger partial charge in [0.15, 0.2) is 0 Å². The van der Waals surface area contributed by atoms with Gasteiger partial charge < -0.3 is 5.32 Å². The lowest BCUT2D eigenvalue weighted by molar-refractivity contribution is 0.726. The summed E-state index contributed by atoms with van der Waals surface area (Å²) in [4.78, 5) is 5.64. The fourth-order valence-electron chi connectivity index (χ4n) is 1.76. The Balaban J connectivity index is 2.15. The summed E-state index contributed by atoms with van der Waals surface area (Å²) < 4.78 is 1.04. The van der Waals surface area contributed by atoms with Gasteiger partial charge in [0.25, 0.3) is 0 Å². The Morgan fingerprint density at radius 3 is 2.84 bits per heavy atom. The number of nitrogens with zero attached hydrogens (tertiary/aromatic N) is 1. The topological polar surface area (TPSA) is 24.9 Å². The van der Waals surface area contributed by atoms with Gasteiger partial charge in [-0.3, -0.25) is 0 Å². The summed E-state index contributed by atoms with van der Waals surface area (Å²) in [7, 11) is 0. The average molecular weight is 337 g/mol. The number of halogens is 1. The van der Waals surface area contributed by atoms with E-state index in [4.69, 9.17) is 0 Å². The first-order valence-electron chi connectivity index (χ1n) is 6.29. The number of pyridine rings is 1. The molecule has 2 rings (SSSR count). The first-order chi connectivity index (χ1) is 9.20. The summed E-state index contributed by atoms with van der Waals surface area (Å²) >= 11 is 5.23. The predicted octanol–water partition coefficient (Wildman–Crippen LogP) is 4.41. The standard InChI is InChI=1S/C15H17BrN2S/c1-3-17-10-12-6-7-14(11(2)9-12)19-15-13(16)5-4-8-18-15/h4-9,17H,3,10H2,1-2H3. The van der Waals surface area contributed by atoms with E-state index in [0.29, 0.717) is 0 Å². The van der Waals surface area contributed by atoms with Crippen molar-refractivity contribution < 1.29 is 0 Å². The maximum Gasteiger partial charge on any atom is 0.115 e. The smallest absolute Gasteiger partial charge is 0.115 e. The molecule has 1 aromatic heterocycles. The molecule has 0 radical (unpaired) electrons. The van der Waals surface area contributed by atoms with E-state index in [1.807, 2.05) is 18.3 Å². The van der Waals surface area contributed by atoms with Crippen LogP contribution in [0.1, 0.15) is 18.1 Å². The van der Waals surface area contributed by atoms with E-state index in [9.17, 15) is 0 Å². The fraction of sp³-hybridized carbons (Fsp3) is 0.267. The monoisotopic (exact) mass is 336 g/mol. The molecule has 0 atom stereocenters. The van der Waals surface area contributed by atoms with Crippen LogP contribution in [0.5, 0.6) is 0 Å². The van der Waals surface area contributed by atoms with Crippen molar-refractivity contribution in [2.24, 2.45) is 0 Å². The number of hydrogen-bond donors (Lipinski definition) is 1. The normalized spacial score (nSPS) is 10.7. The minimum atomic E-state index is 0.926. The summed E-state index contributed by atoms with van der Waals surface area (Å²) in [6.07, 6.45) is 1.82. The molecule has 0 aliphatic heterocycles. The molecule has 0 bridgehead atoms. The highest BCUT2D eigenvalue weighted by molar-refractivity contribution is 9.10. The Hall–Kier alpha value is -0.840. The molecule has 0 aliphatic rings. The lowest BCUT2D eigenvalue weighted by atomic mass is 10.1. The van der Waals surface area contributed by atoms with Crippen LogP contribution in [0, 0.1) is 6.92 Å². The molecule has 0 saturated carbocycles. The lowest BCUT2D eigenvalue weighted by Crippen LogP contribution is -2.11. The van der Waals surface area contributed by atoms with Crippen LogP contribution < -0.4 is 5.32 Å². The lowest BCUT2D eigenvalue weighted by Gasteiger charge is -2.09. The van der Waals surface area contributed by atoms with Gasteiger partial charge in [-0.25, -0.2) is 4.98 Å². The third kappa shape index (κ3) is 4.06. The number of benzene rings is 1. The van der Waals surface area contributed by atoms with Crippen LogP contribution in [0.4, 0.5) is 0 Å². The highest BCUT2D eigenvalue weighted by Gasteiger charge is 2.06. The summed E-state index contributed by atoms with van der Waals surface area (Å²) in [6, 6.07) is 10.5. The second kappa shape index (κ2) is 7.08. The molecular formula is C15H17BrN2S. The molecule has 0 unspecified atom stereocenters. The maximum absolute atomic E-state index is 4.39. The van der Waals surface area contributed by atoms with E-state index >= 15 is 0 Å². The largest absolute Gasteiger partial charge is 0.313 e. The number of aromatic nitrogens is 1. The van der Waals surface area contributed by atoms with Gasteiger partial charge in [0, 0.05) is 17.6 Å². The van der Waals surface area contributed by atoms with E-state index in [1.165, 1.54) is 16.0 Å². The number of aryl methyl sites for hydroxylation is 1. The van der Waals surface area contributed by atoms with Crippen molar-refractivity contribution in [2.75, 3.05) is 6.54 Å². The second-order valence-corrected chi connectivity index (χ2v) is 6.16. The van der Waals surface area contributed by atoms with Crippen molar-refractivity contribution in [1.82, 2.24) is 10.3 Å². The maximum atomic E-state index is 4.39. The van der Waals surface area contributed by atoms with E-state index in [0.717, 1.165) is 22.6 Å². The molecule has 19 heavy (non-hydrogen) atoms. The molecule has 0 aliphatic carbocycles. The van der Waals surface area contributed by atoms with Crippen LogP contribution in [0.2, 0.25) is 0 Å². The Morgan fingerprint density at radius 2 is 2.16 bits per heavy atom. The predicted molar refractivity (Wildman–Crippen MR) is 84.6 cm³/mol. The van der Waals surface area contributed by atoms with Gasteiger partial charge in [0.05, 0.1) is 4.47 Å². The first kappa shape index (κ1) is 14.6. The van der Waals surface area contributed by atoms with Gasteiger partial charge in [-0.1, -0.05) is 30.8 Å². The summed E-state index contributed by atoms with van der Waals surface area (Å²) in [5.41, 5.74) is 2.61. The first-order valence-corrected chi connectivity index (χ1v) is 7.90. The number of rotatable bonds is 5. The minimum Gasteiger partial charge on any atom is -0.313 e. The van der Waals surface area contributed by atoms with E-state index in [2.05, 4.69) is 58.3 Å². The van der Waals surface area contributed by atoms with Crippen molar-refractivity contribution in [3.8, 4) is 0 Å². The van der Waals surface area contributed by atoms with Crippen LogP contribution >= 0.6 is 27.7 Å². The Bertz CT molecular complexity index is 558. The highest BCUT2D eigenvalue weighted by Crippen LogP contribution is 2.33. The van der Waals surface area contributed by atoms with Crippen LogP contribution in [-0.4, -0.2) is 11.5 Å². The molecule has 100 valence electrons. The van der Waals surface area contributed by atoms with Crippen molar-refractivity contribution in [3.63, 3.8) is 0 Å². The van der Waals surface area contributed by atoms with Gasteiger partial charge in [-0.05, 0) is 58.7 Å².